The third kappa shape index (κ3) is 2.77. The third-order valence-corrected chi connectivity index (χ3v) is 4.20. The molecule has 2 aromatic carbocycles. The van der Waals surface area contributed by atoms with E-state index in [1.165, 1.54) is 0 Å². The van der Waals surface area contributed by atoms with Crippen molar-refractivity contribution in [3.8, 4) is 11.1 Å². The number of rotatable bonds is 2. The van der Waals surface area contributed by atoms with Crippen molar-refractivity contribution in [2.45, 2.75) is 27.3 Å². The van der Waals surface area contributed by atoms with Crippen LogP contribution in [0, 0.1) is 5.41 Å². The minimum Gasteiger partial charge on any atom is -0.397 e. The van der Waals surface area contributed by atoms with Crippen LogP contribution < -0.4 is 17.2 Å². The van der Waals surface area contributed by atoms with Crippen LogP contribution in [0.3, 0.4) is 0 Å². The molecule has 3 aromatic rings. The van der Waals surface area contributed by atoms with E-state index in [0.29, 0.717) is 17.9 Å². The SMILES string of the molecule is Cn1c(=O)n(CC(C)(C)C)c2ccc(-c3ccc(N)c(N)c3)cc21. The van der Waals surface area contributed by atoms with Crippen LogP contribution in [-0.2, 0) is 13.6 Å². The molecule has 0 saturated heterocycles. The number of fused-ring (bicyclic) bond motifs is 1. The van der Waals surface area contributed by atoms with Crippen LogP contribution in [0.15, 0.2) is 41.2 Å². The zero-order valence-corrected chi connectivity index (χ0v) is 14.6. The number of hydrogen-bond donors (Lipinski definition) is 2. The maximum absolute atomic E-state index is 12.6. The van der Waals surface area contributed by atoms with Crippen LogP contribution in [0.5, 0.6) is 0 Å². The predicted molar refractivity (Wildman–Crippen MR) is 101 cm³/mol. The fraction of sp³-hybridized carbons (Fsp3) is 0.316. The second kappa shape index (κ2) is 5.44. The van der Waals surface area contributed by atoms with E-state index in [-0.39, 0.29) is 11.1 Å². The van der Waals surface area contributed by atoms with E-state index in [0.717, 1.165) is 22.2 Å². The van der Waals surface area contributed by atoms with Crippen LogP contribution >= 0.6 is 0 Å². The summed E-state index contributed by atoms with van der Waals surface area (Å²) in [6.45, 7) is 7.06. The Labute approximate surface area is 141 Å². The van der Waals surface area contributed by atoms with Gasteiger partial charge in [0.15, 0.2) is 0 Å². The Morgan fingerprint density at radius 2 is 1.54 bits per heavy atom. The number of nitrogens with zero attached hydrogens (tertiary/aromatic N) is 2. The molecule has 5 nitrogen and oxygen atoms in total. The Morgan fingerprint density at radius 1 is 0.917 bits per heavy atom. The van der Waals surface area contributed by atoms with Crippen molar-refractivity contribution in [2.75, 3.05) is 11.5 Å². The lowest BCUT2D eigenvalue weighted by Gasteiger charge is -2.18. The molecule has 0 fully saturated rings. The number of aromatic nitrogens is 2. The van der Waals surface area contributed by atoms with Crippen molar-refractivity contribution < 1.29 is 0 Å². The lowest BCUT2D eigenvalue weighted by molar-refractivity contribution is 0.342. The van der Waals surface area contributed by atoms with Gasteiger partial charge in [0.25, 0.3) is 0 Å². The number of anilines is 2. The number of hydrogen-bond acceptors (Lipinski definition) is 3. The molecule has 24 heavy (non-hydrogen) atoms. The van der Waals surface area contributed by atoms with Crippen LogP contribution in [0.4, 0.5) is 11.4 Å². The lowest BCUT2D eigenvalue weighted by Crippen LogP contribution is -2.27. The minimum absolute atomic E-state index is 0.00824. The molecule has 0 atom stereocenters. The van der Waals surface area contributed by atoms with Gasteiger partial charge in [-0.05, 0) is 40.8 Å². The van der Waals surface area contributed by atoms with Gasteiger partial charge in [-0.3, -0.25) is 9.13 Å². The van der Waals surface area contributed by atoms with Crippen molar-refractivity contribution in [3.05, 3.63) is 46.9 Å². The first-order valence-electron chi connectivity index (χ1n) is 8.02. The summed E-state index contributed by atoms with van der Waals surface area (Å²) in [6, 6.07) is 11.7. The molecule has 0 bridgehead atoms. The quantitative estimate of drug-likeness (QED) is 0.710. The van der Waals surface area contributed by atoms with Gasteiger partial charge in [0.05, 0.1) is 22.4 Å². The maximum Gasteiger partial charge on any atom is 0.328 e. The highest BCUT2D eigenvalue weighted by atomic mass is 16.1. The van der Waals surface area contributed by atoms with Crippen molar-refractivity contribution in [2.24, 2.45) is 12.5 Å². The number of nitrogen functional groups attached to an aromatic ring is 2. The molecule has 1 aromatic heterocycles. The van der Waals surface area contributed by atoms with Gasteiger partial charge < -0.3 is 11.5 Å². The molecular weight excluding hydrogens is 300 g/mol. The number of nitrogens with two attached hydrogens (primary N) is 2. The molecular formula is C19H24N4O. The normalized spacial score (nSPS) is 12.0. The Balaban J connectivity index is 2.17. The molecule has 5 heteroatoms. The Hall–Kier alpha value is -2.69. The third-order valence-electron chi connectivity index (χ3n) is 4.20. The van der Waals surface area contributed by atoms with Gasteiger partial charge in [0.2, 0.25) is 0 Å². The molecule has 4 N–H and O–H groups in total. The summed E-state index contributed by atoms with van der Waals surface area (Å²) in [7, 11) is 1.81. The molecule has 0 radical (unpaired) electrons. The first-order chi connectivity index (χ1) is 11.2. The van der Waals surface area contributed by atoms with E-state index in [9.17, 15) is 4.79 Å². The van der Waals surface area contributed by atoms with Gasteiger partial charge in [-0.1, -0.05) is 32.9 Å². The lowest BCUT2D eigenvalue weighted by atomic mass is 9.97. The molecule has 0 aliphatic carbocycles. The molecule has 0 amide bonds. The highest BCUT2D eigenvalue weighted by molar-refractivity contribution is 5.84. The van der Waals surface area contributed by atoms with E-state index in [2.05, 4.69) is 20.8 Å². The summed E-state index contributed by atoms with van der Waals surface area (Å²) in [5.41, 5.74) is 16.7. The highest BCUT2D eigenvalue weighted by Gasteiger charge is 2.18. The van der Waals surface area contributed by atoms with Gasteiger partial charge in [-0.2, -0.15) is 0 Å². The van der Waals surface area contributed by atoms with Crippen molar-refractivity contribution in [1.82, 2.24) is 9.13 Å². The first-order valence-corrected chi connectivity index (χ1v) is 8.02. The van der Waals surface area contributed by atoms with Crippen LogP contribution in [0.2, 0.25) is 0 Å². The highest BCUT2D eigenvalue weighted by Crippen LogP contribution is 2.28. The first kappa shape index (κ1) is 16.2. The molecule has 0 aliphatic heterocycles. The zero-order chi connectivity index (χ0) is 17.6. The second-order valence-corrected chi connectivity index (χ2v) is 7.54. The van der Waals surface area contributed by atoms with E-state index < -0.39 is 0 Å². The second-order valence-electron chi connectivity index (χ2n) is 7.54. The van der Waals surface area contributed by atoms with E-state index in [1.807, 2.05) is 41.9 Å². The number of benzene rings is 2. The summed E-state index contributed by atoms with van der Waals surface area (Å²) in [5.74, 6) is 0. The topological polar surface area (TPSA) is 79.0 Å². The summed E-state index contributed by atoms with van der Waals surface area (Å²) in [5, 5.41) is 0. The van der Waals surface area contributed by atoms with Crippen molar-refractivity contribution in [3.63, 3.8) is 0 Å². The summed E-state index contributed by atoms with van der Waals surface area (Å²) in [6.07, 6.45) is 0. The van der Waals surface area contributed by atoms with Crippen LogP contribution in [-0.4, -0.2) is 9.13 Å². The predicted octanol–water partition coefficient (Wildman–Crippen LogP) is 3.22. The van der Waals surface area contributed by atoms with Gasteiger partial charge in [0.1, 0.15) is 0 Å². The minimum atomic E-state index is 0.00824. The molecule has 0 unspecified atom stereocenters. The van der Waals surface area contributed by atoms with Crippen molar-refractivity contribution in [1.29, 1.82) is 0 Å². The molecule has 126 valence electrons. The van der Waals surface area contributed by atoms with Crippen LogP contribution in [0.1, 0.15) is 20.8 Å². The molecule has 0 aliphatic rings. The van der Waals surface area contributed by atoms with Gasteiger partial charge in [0, 0.05) is 13.6 Å². The Kier molecular flexibility index (Phi) is 3.67. The largest absolute Gasteiger partial charge is 0.397 e. The average molecular weight is 324 g/mol. The Morgan fingerprint density at radius 3 is 2.17 bits per heavy atom. The molecule has 3 rings (SSSR count). The number of imidazole rings is 1. The summed E-state index contributed by atoms with van der Waals surface area (Å²) >= 11 is 0. The van der Waals surface area contributed by atoms with Crippen LogP contribution in [0.25, 0.3) is 22.2 Å². The maximum atomic E-state index is 12.6. The monoisotopic (exact) mass is 324 g/mol. The van der Waals surface area contributed by atoms with Gasteiger partial charge in [-0.15, -0.1) is 0 Å². The summed E-state index contributed by atoms with van der Waals surface area (Å²) < 4.78 is 3.54. The van der Waals surface area contributed by atoms with E-state index in [4.69, 9.17) is 11.5 Å². The van der Waals surface area contributed by atoms with Gasteiger partial charge in [-0.25, -0.2) is 4.79 Å². The zero-order valence-electron chi connectivity index (χ0n) is 14.6. The molecule has 1 heterocycles. The van der Waals surface area contributed by atoms with Crippen molar-refractivity contribution >= 4 is 22.4 Å². The molecule has 0 spiro atoms. The average Bonchev–Trinajstić information content (AvgIpc) is 2.73. The standard InChI is InChI=1S/C19H24N4O/c1-19(2,3)11-23-16-8-6-13(10-17(16)22(4)18(23)24)12-5-7-14(20)15(21)9-12/h5-10H,11,20-21H2,1-4H3. The van der Waals surface area contributed by atoms with Gasteiger partial charge >= 0.3 is 5.69 Å². The van der Waals surface area contributed by atoms with E-state index >= 15 is 0 Å². The summed E-state index contributed by atoms with van der Waals surface area (Å²) in [4.78, 5) is 12.6. The smallest absolute Gasteiger partial charge is 0.328 e. The number of aryl methyl sites for hydroxylation is 1. The fourth-order valence-electron chi connectivity index (χ4n) is 2.97. The fourth-order valence-corrected chi connectivity index (χ4v) is 2.97. The van der Waals surface area contributed by atoms with E-state index in [1.54, 1.807) is 10.6 Å². The Bertz CT molecular complexity index is 973. The molecule has 0 saturated carbocycles.